The lowest BCUT2D eigenvalue weighted by Gasteiger charge is -2.09. The van der Waals surface area contributed by atoms with Gasteiger partial charge in [0.25, 0.3) is 0 Å². The summed E-state index contributed by atoms with van der Waals surface area (Å²) in [5.74, 6) is 0.0686. The number of nitrogens with zero attached hydrogens (tertiary/aromatic N) is 1. The molecule has 24 heavy (non-hydrogen) atoms. The molecule has 2 aromatic carbocycles. The van der Waals surface area contributed by atoms with Crippen LogP contribution in [-0.4, -0.2) is 22.1 Å². The van der Waals surface area contributed by atoms with E-state index in [1.54, 1.807) is 36.4 Å². The maximum absolute atomic E-state index is 10.8. The second-order valence-electron chi connectivity index (χ2n) is 5.38. The van der Waals surface area contributed by atoms with Gasteiger partial charge in [-0.1, -0.05) is 23.7 Å². The highest BCUT2D eigenvalue weighted by molar-refractivity contribution is 6.31. The number of ether oxygens (including phenoxy) is 1. The first kappa shape index (κ1) is 16.2. The fourth-order valence-electron chi connectivity index (χ4n) is 2.29. The lowest BCUT2D eigenvalue weighted by molar-refractivity contribution is -0.138. The molecule has 3 N–H and O–H groups in total. The number of carboxylic acid groups (broad SMARTS) is 1. The van der Waals surface area contributed by atoms with Gasteiger partial charge in [0, 0.05) is 16.5 Å². The van der Waals surface area contributed by atoms with Crippen LogP contribution in [-0.2, 0) is 11.2 Å². The van der Waals surface area contributed by atoms with Crippen LogP contribution in [0.25, 0.3) is 10.9 Å². The molecule has 0 spiro atoms. The Morgan fingerprint density at radius 3 is 2.62 bits per heavy atom. The van der Waals surface area contributed by atoms with Crippen LogP contribution in [0.5, 0.6) is 11.6 Å². The molecule has 0 fully saturated rings. The molecule has 6 heteroatoms. The number of carboxylic acids is 1. The number of carbonyl (C=O) groups is 1. The fourth-order valence-corrected chi connectivity index (χ4v) is 2.47. The van der Waals surface area contributed by atoms with E-state index >= 15 is 0 Å². The Kier molecular flexibility index (Phi) is 4.64. The summed E-state index contributed by atoms with van der Waals surface area (Å²) in [5, 5.41) is 10.4. The van der Waals surface area contributed by atoms with Crippen LogP contribution < -0.4 is 10.5 Å². The van der Waals surface area contributed by atoms with Gasteiger partial charge in [-0.15, -0.1) is 0 Å². The molecule has 0 radical (unpaired) electrons. The van der Waals surface area contributed by atoms with Crippen LogP contribution in [0, 0.1) is 0 Å². The van der Waals surface area contributed by atoms with Crippen molar-refractivity contribution in [2.75, 3.05) is 0 Å². The number of hydrogen-bond donors (Lipinski definition) is 2. The average molecular weight is 343 g/mol. The van der Waals surface area contributed by atoms with Crippen molar-refractivity contribution in [1.82, 2.24) is 4.98 Å². The van der Waals surface area contributed by atoms with Crippen molar-refractivity contribution in [3.63, 3.8) is 0 Å². The second-order valence-corrected chi connectivity index (χ2v) is 5.82. The van der Waals surface area contributed by atoms with E-state index in [-0.39, 0.29) is 6.42 Å². The highest BCUT2D eigenvalue weighted by Crippen LogP contribution is 2.24. The minimum Gasteiger partial charge on any atom is -0.480 e. The Hall–Kier alpha value is -2.63. The maximum Gasteiger partial charge on any atom is 0.320 e. The summed E-state index contributed by atoms with van der Waals surface area (Å²) in [5.41, 5.74) is 7.15. The predicted octanol–water partition coefficient (Wildman–Crippen LogP) is 3.63. The highest BCUT2D eigenvalue weighted by atomic mass is 35.5. The summed E-state index contributed by atoms with van der Waals surface area (Å²) in [4.78, 5) is 15.2. The number of aliphatic carboxylic acids is 1. The number of halogens is 1. The largest absolute Gasteiger partial charge is 0.480 e. The first-order valence-corrected chi connectivity index (χ1v) is 7.70. The van der Waals surface area contributed by atoms with Gasteiger partial charge in [-0.2, -0.15) is 0 Å². The molecule has 1 heterocycles. The Morgan fingerprint density at radius 1 is 1.17 bits per heavy atom. The number of nitrogens with two attached hydrogens (primary N) is 1. The number of aromatic nitrogens is 1. The zero-order valence-electron chi connectivity index (χ0n) is 12.6. The monoisotopic (exact) mass is 342 g/mol. The molecule has 0 unspecified atom stereocenters. The molecule has 0 amide bonds. The number of hydrogen-bond acceptors (Lipinski definition) is 4. The van der Waals surface area contributed by atoms with Gasteiger partial charge in [0.2, 0.25) is 5.88 Å². The molecule has 3 aromatic rings. The van der Waals surface area contributed by atoms with Gasteiger partial charge in [0.15, 0.2) is 0 Å². The molecule has 0 aliphatic heterocycles. The third kappa shape index (κ3) is 3.82. The van der Waals surface area contributed by atoms with Crippen molar-refractivity contribution in [3.05, 3.63) is 65.2 Å². The van der Waals surface area contributed by atoms with Crippen molar-refractivity contribution >= 4 is 28.5 Å². The topological polar surface area (TPSA) is 85.4 Å². The zero-order valence-corrected chi connectivity index (χ0v) is 13.4. The first-order chi connectivity index (χ1) is 11.5. The van der Waals surface area contributed by atoms with E-state index in [0.29, 0.717) is 16.7 Å². The van der Waals surface area contributed by atoms with Gasteiger partial charge in [0.1, 0.15) is 11.8 Å². The summed E-state index contributed by atoms with van der Waals surface area (Å²) < 4.78 is 5.73. The first-order valence-electron chi connectivity index (χ1n) is 7.33. The summed E-state index contributed by atoms with van der Waals surface area (Å²) in [7, 11) is 0. The number of fused-ring (bicyclic) bond motifs is 1. The summed E-state index contributed by atoms with van der Waals surface area (Å²) in [6.45, 7) is 0. The van der Waals surface area contributed by atoms with Crippen molar-refractivity contribution in [2.45, 2.75) is 12.5 Å². The van der Waals surface area contributed by atoms with Crippen LogP contribution >= 0.6 is 11.6 Å². The van der Waals surface area contributed by atoms with E-state index in [1.165, 1.54) is 0 Å². The lowest BCUT2D eigenvalue weighted by atomic mass is 10.1. The van der Waals surface area contributed by atoms with Crippen molar-refractivity contribution in [2.24, 2.45) is 5.73 Å². The molecule has 0 aliphatic rings. The molecule has 1 atom stereocenters. The van der Waals surface area contributed by atoms with E-state index in [2.05, 4.69) is 4.98 Å². The normalized spacial score (nSPS) is 12.1. The van der Waals surface area contributed by atoms with Crippen LogP contribution in [0.2, 0.25) is 5.02 Å². The van der Waals surface area contributed by atoms with Gasteiger partial charge in [-0.25, -0.2) is 4.98 Å². The SMILES string of the molecule is N[C@@H](Cc1ccc(Oc2ccc3cc(Cl)ccc3n2)cc1)C(=O)O. The van der Waals surface area contributed by atoms with Crippen LogP contribution in [0.4, 0.5) is 0 Å². The summed E-state index contributed by atoms with van der Waals surface area (Å²) in [6.07, 6.45) is 0.268. The molecule has 122 valence electrons. The van der Waals surface area contributed by atoms with E-state index in [9.17, 15) is 4.79 Å². The van der Waals surface area contributed by atoms with Gasteiger partial charge >= 0.3 is 5.97 Å². The molecule has 0 saturated carbocycles. The van der Waals surface area contributed by atoms with Gasteiger partial charge < -0.3 is 15.6 Å². The number of rotatable bonds is 5. The van der Waals surface area contributed by atoms with Crippen LogP contribution in [0.1, 0.15) is 5.56 Å². The van der Waals surface area contributed by atoms with Gasteiger partial charge in [0.05, 0.1) is 5.52 Å². The molecule has 5 nitrogen and oxygen atoms in total. The lowest BCUT2D eigenvalue weighted by Crippen LogP contribution is -2.32. The number of benzene rings is 2. The molecule has 0 saturated heterocycles. The molecular formula is C18H15ClN2O3. The highest BCUT2D eigenvalue weighted by Gasteiger charge is 2.12. The third-order valence-electron chi connectivity index (χ3n) is 3.54. The second kappa shape index (κ2) is 6.86. The molecule has 0 aliphatic carbocycles. The predicted molar refractivity (Wildman–Crippen MR) is 92.6 cm³/mol. The zero-order chi connectivity index (χ0) is 17.1. The van der Waals surface area contributed by atoms with Gasteiger partial charge in [-0.3, -0.25) is 4.79 Å². The van der Waals surface area contributed by atoms with Crippen molar-refractivity contribution in [1.29, 1.82) is 0 Å². The number of pyridine rings is 1. The summed E-state index contributed by atoms with van der Waals surface area (Å²) >= 11 is 5.95. The quantitative estimate of drug-likeness (QED) is 0.739. The Balaban J connectivity index is 1.74. The minimum atomic E-state index is -1.02. The molecular weight excluding hydrogens is 328 g/mol. The Bertz CT molecular complexity index is 881. The third-order valence-corrected chi connectivity index (χ3v) is 3.78. The van der Waals surface area contributed by atoms with Crippen molar-refractivity contribution < 1.29 is 14.6 Å². The smallest absolute Gasteiger partial charge is 0.320 e. The van der Waals surface area contributed by atoms with E-state index in [4.69, 9.17) is 27.2 Å². The van der Waals surface area contributed by atoms with Gasteiger partial charge in [-0.05, 0) is 48.4 Å². The van der Waals surface area contributed by atoms with Crippen molar-refractivity contribution in [3.8, 4) is 11.6 Å². The van der Waals surface area contributed by atoms with E-state index < -0.39 is 12.0 Å². The molecule has 1 aromatic heterocycles. The van der Waals surface area contributed by atoms with Crippen LogP contribution in [0.3, 0.4) is 0 Å². The summed E-state index contributed by atoms with van der Waals surface area (Å²) in [6, 6.07) is 15.3. The standard InChI is InChI=1S/C18H15ClN2O3/c19-13-4-7-16-12(10-13)3-8-17(21-16)24-14-5-1-11(2-6-14)9-15(20)18(22)23/h1-8,10,15H,9,20H2,(H,22,23)/t15-/m0/s1. The van der Waals surface area contributed by atoms with E-state index in [0.717, 1.165) is 16.5 Å². The molecule has 3 rings (SSSR count). The maximum atomic E-state index is 10.8. The Labute approximate surface area is 143 Å². The fraction of sp³-hybridized carbons (Fsp3) is 0.111. The molecule has 0 bridgehead atoms. The Morgan fingerprint density at radius 2 is 1.92 bits per heavy atom. The van der Waals surface area contributed by atoms with E-state index in [1.807, 2.05) is 18.2 Å². The minimum absolute atomic E-state index is 0.268. The average Bonchev–Trinajstić information content (AvgIpc) is 2.56. The van der Waals surface area contributed by atoms with Crippen LogP contribution in [0.15, 0.2) is 54.6 Å².